The Bertz CT molecular complexity index is 471. The predicted octanol–water partition coefficient (Wildman–Crippen LogP) is 2.73. The van der Waals surface area contributed by atoms with Gasteiger partial charge in [0.05, 0.1) is 0 Å². The molecule has 0 saturated heterocycles. The second-order valence-electron chi connectivity index (χ2n) is 6.31. The summed E-state index contributed by atoms with van der Waals surface area (Å²) in [4.78, 5) is 13.8. The van der Waals surface area contributed by atoms with Crippen molar-refractivity contribution in [1.29, 1.82) is 0 Å². The Labute approximate surface area is 141 Å². The molecule has 0 heterocycles. The normalized spacial score (nSPS) is 13.0. The van der Waals surface area contributed by atoms with Crippen molar-refractivity contribution in [2.45, 2.75) is 39.0 Å². The Balaban J connectivity index is 2.49. The van der Waals surface area contributed by atoms with Crippen molar-refractivity contribution in [3.8, 4) is 0 Å². The number of likely N-dealkylation sites (N-methyl/N-ethyl adjacent to an activating group) is 1. The summed E-state index contributed by atoms with van der Waals surface area (Å²) < 4.78 is 6.29. The van der Waals surface area contributed by atoms with Gasteiger partial charge in [-0.15, -0.1) is 0 Å². The van der Waals surface area contributed by atoms with Crippen molar-refractivity contribution < 1.29 is 9.53 Å². The highest BCUT2D eigenvalue weighted by molar-refractivity contribution is 9.10. The van der Waals surface area contributed by atoms with Crippen LogP contribution >= 0.6 is 15.9 Å². The molecule has 1 rings (SSSR count). The smallest absolute Gasteiger partial charge is 0.407 e. The van der Waals surface area contributed by atoms with Gasteiger partial charge in [-0.1, -0.05) is 28.1 Å². The van der Waals surface area contributed by atoms with Crippen LogP contribution in [0.2, 0.25) is 0 Å². The van der Waals surface area contributed by atoms with E-state index in [9.17, 15) is 4.79 Å². The maximum Gasteiger partial charge on any atom is 0.407 e. The molecule has 0 spiro atoms. The van der Waals surface area contributed by atoms with Crippen LogP contribution in [0.25, 0.3) is 0 Å². The van der Waals surface area contributed by atoms with Crippen LogP contribution in [0.5, 0.6) is 0 Å². The molecule has 1 atom stereocenters. The van der Waals surface area contributed by atoms with E-state index in [2.05, 4.69) is 38.3 Å². The molecule has 0 radical (unpaired) electrons. The maximum atomic E-state index is 11.7. The molecule has 0 aliphatic rings. The molecule has 1 aromatic carbocycles. The van der Waals surface area contributed by atoms with Gasteiger partial charge in [0.1, 0.15) is 5.60 Å². The fourth-order valence-electron chi connectivity index (χ4n) is 1.94. The van der Waals surface area contributed by atoms with Gasteiger partial charge in [-0.05, 0) is 45.5 Å². The van der Waals surface area contributed by atoms with Crippen LogP contribution < -0.4 is 11.1 Å². The first-order chi connectivity index (χ1) is 10.2. The number of nitrogens with zero attached hydrogens (tertiary/aromatic N) is 1. The number of alkyl carbamates (subject to hydrolysis) is 1. The van der Waals surface area contributed by atoms with E-state index in [4.69, 9.17) is 10.5 Å². The van der Waals surface area contributed by atoms with Gasteiger partial charge in [-0.25, -0.2) is 4.79 Å². The summed E-state index contributed by atoms with van der Waals surface area (Å²) in [7, 11) is 2.00. The molecular formula is C16H26BrN3O2. The van der Waals surface area contributed by atoms with Gasteiger partial charge in [0.25, 0.3) is 0 Å². The van der Waals surface area contributed by atoms with Gasteiger partial charge in [0.15, 0.2) is 0 Å². The van der Waals surface area contributed by atoms with Crippen molar-refractivity contribution in [2.75, 3.05) is 20.1 Å². The van der Waals surface area contributed by atoms with Crippen LogP contribution in [-0.2, 0) is 11.3 Å². The fourth-order valence-corrected chi connectivity index (χ4v) is 2.21. The molecular weight excluding hydrogens is 346 g/mol. The lowest BCUT2D eigenvalue weighted by Crippen LogP contribution is -2.47. The number of nitrogens with one attached hydrogen (secondary N) is 1. The summed E-state index contributed by atoms with van der Waals surface area (Å²) in [6.45, 7) is 7.21. The first-order valence-electron chi connectivity index (χ1n) is 7.33. The molecule has 1 amide bonds. The van der Waals surface area contributed by atoms with Crippen LogP contribution in [0.4, 0.5) is 4.79 Å². The van der Waals surface area contributed by atoms with Crippen LogP contribution in [0.1, 0.15) is 26.3 Å². The molecule has 5 nitrogen and oxygen atoms in total. The predicted molar refractivity (Wildman–Crippen MR) is 92.7 cm³/mol. The average Bonchev–Trinajstić information content (AvgIpc) is 2.40. The van der Waals surface area contributed by atoms with Gasteiger partial charge >= 0.3 is 6.09 Å². The molecule has 0 saturated carbocycles. The van der Waals surface area contributed by atoms with Crippen LogP contribution in [0.15, 0.2) is 28.7 Å². The lowest BCUT2D eigenvalue weighted by atomic mass is 10.2. The third-order valence-corrected chi connectivity index (χ3v) is 3.65. The molecule has 1 aromatic rings. The highest BCUT2D eigenvalue weighted by Gasteiger charge is 2.19. The number of carbonyl (C=O) groups excluding carboxylic acids is 1. The van der Waals surface area contributed by atoms with E-state index in [-0.39, 0.29) is 6.04 Å². The van der Waals surface area contributed by atoms with Gasteiger partial charge in [-0.2, -0.15) is 0 Å². The van der Waals surface area contributed by atoms with E-state index in [1.54, 1.807) is 0 Å². The maximum absolute atomic E-state index is 11.7. The lowest BCUT2D eigenvalue weighted by molar-refractivity contribution is 0.0511. The van der Waals surface area contributed by atoms with Gasteiger partial charge in [0.2, 0.25) is 0 Å². The molecule has 1 unspecified atom stereocenters. The number of carbonyl (C=O) groups is 1. The summed E-state index contributed by atoms with van der Waals surface area (Å²) in [6.07, 6.45) is -0.414. The largest absolute Gasteiger partial charge is 0.444 e. The van der Waals surface area contributed by atoms with Gasteiger partial charge in [0, 0.05) is 30.1 Å². The monoisotopic (exact) mass is 371 g/mol. The summed E-state index contributed by atoms with van der Waals surface area (Å²) in [5, 5.41) is 2.78. The SMILES string of the molecule is CN(Cc1ccc(Br)cc1)C(CN)CNC(=O)OC(C)(C)C. The molecule has 22 heavy (non-hydrogen) atoms. The number of rotatable bonds is 6. The number of halogens is 1. The average molecular weight is 372 g/mol. The minimum absolute atomic E-state index is 0.0520. The number of ether oxygens (including phenoxy) is 1. The Hall–Kier alpha value is -1.11. The van der Waals surface area contributed by atoms with Crippen LogP contribution in [0, 0.1) is 0 Å². The molecule has 0 aliphatic heterocycles. The van der Waals surface area contributed by atoms with Crippen molar-refractivity contribution in [1.82, 2.24) is 10.2 Å². The second-order valence-corrected chi connectivity index (χ2v) is 7.23. The van der Waals surface area contributed by atoms with Gasteiger partial charge in [-0.3, -0.25) is 4.90 Å². The number of hydrogen-bond acceptors (Lipinski definition) is 4. The number of nitrogens with two attached hydrogens (primary N) is 1. The van der Waals surface area contributed by atoms with Crippen LogP contribution in [-0.4, -0.2) is 42.8 Å². The Kier molecular flexibility index (Phi) is 7.32. The van der Waals surface area contributed by atoms with E-state index in [1.807, 2.05) is 40.0 Å². The first kappa shape index (κ1) is 18.9. The molecule has 0 bridgehead atoms. The molecule has 0 aromatic heterocycles. The Morgan fingerprint density at radius 1 is 1.36 bits per heavy atom. The zero-order chi connectivity index (χ0) is 16.8. The number of benzene rings is 1. The molecule has 0 aliphatic carbocycles. The van der Waals surface area contributed by atoms with E-state index >= 15 is 0 Å². The van der Waals surface area contributed by atoms with Crippen molar-refractivity contribution in [3.63, 3.8) is 0 Å². The second kappa shape index (κ2) is 8.50. The van der Waals surface area contributed by atoms with E-state index in [1.165, 1.54) is 5.56 Å². The third kappa shape index (κ3) is 7.24. The summed E-state index contributed by atoms with van der Waals surface area (Å²) in [6, 6.07) is 8.21. The minimum atomic E-state index is -0.494. The first-order valence-corrected chi connectivity index (χ1v) is 8.12. The molecule has 124 valence electrons. The van der Waals surface area contributed by atoms with Crippen molar-refractivity contribution >= 4 is 22.0 Å². The molecule has 6 heteroatoms. The van der Waals surface area contributed by atoms with Crippen LogP contribution in [0.3, 0.4) is 0 Å². The molecule has 0 fully saturated rings. The topological polar surface area (TPSA) is 67.6 Å². The molecule has 3 N–H and O–H groups in total. The zero-order valence-corrected chi connectivity index (χ0v) is 15.3. The number of hydrogen-bond donors (Lipinski definition) is 2. The highest BCUT2D eigenvalue weighted by Crippen LogP contribution is 2.12. The van der Waals surface area contributed by atoms with E-state index in [0.717, 1.165) is 11.0 Å². The lowest BCUT2D eigenvalue weighted by Gasteiger charge is -2.28. The zero-order valence-electron chi connectivity index (χ0n) is 13.7. The van der Waals surface area contributed by atoms with Crippen molar-refractivity contribution in [3.05, 3.63) is 34.3 Å². The van der Waals surface area contributed by atoms with E-state index < -0.39 is 11.7 Å². The summed E-state index contributed by atoms with van der Waals surface area (Å²) in [5.41, 5.74) is 6.52. The van der Waals surface area contributed by atoms with E-state index in [0.29, 0.717) is 13.1 Å². The minimum Gasteiger partial charge on any atom is -0.444 e. The fraction of sp³-hybridized carbons (Fsp3) is 0.562. The van der Waals surface area contributed by atoms with Gasteiger partial charge < -0.3 is 15.8 Å². The third-order valence-electron chi connectivity index (χ3n) is 3.12. The van der Waals surface area contributed by atoms with Crippen molar-refractivity contribution in [2.24, 2.45) is 5.73 Å². The Morgan fingerprint density at radius 2 is 1.95 bits per heavy atom. The quantitative estimate of drug-likeness (QED) is 0.806. The number of amides is 1. The summed E-state index contributed by atoms with van der Waals surface area (Å²) in [5.74, 6) is 0. The highest BCUT2D eigenvalue weighted by atomic mass is 79.9. The summed E-state index contributed by atoms with van der Waals surface area (Å²) >= 11 is 3.42. The Morgan fingerprint density at radius 3 is 2.45 bits per heavy atom. The standard InChI is InChI=1S/C16H26BrN3O2/c1-16(2,3)22-15(21)19-10-14(9-18)20(4)11-12-5-7-13(17)8-6-12/h5-8,14H,9-11,18H2,1-4H3,(H,19,21).